The first-order chi connectivity index (χ1) is 10.2. The SMILES string of the molecule is CCNCC1CCCN(Cc2ncc(C)c(OC)c2C)C1. The van der Waals surface area contributed by atoms with Crippen molar-refractivity contribution in [1.82, 2.24) is 15.2 Å². The van der Waals surface area contributed by atoms with Crippen LogP contribution >= 0.6 is 0 Å². The van der Waals surface area contributed by atoms with Gasteiger partial charge in [0.15, 0.2) is 0 Å². The summed E-state index contributed by atoms with van der Waals surface area (Å²) in [6.07, 6.45) is 4.56. The molecule has 0 aliphatic carbocycles. The summed E-state index contributed by atoms with van der Waals surface area (Å²) < 4.78 is 5.51. The Morgan fingerprint density at radius 2 is 2.24 bits per heavy atom. The van der Waals surface area contributed by atoms with Crippen LogP contribution in [0.1, 0.15) is 36.6 Å². The topological polar surface area (TPSA) is 37.4 Å². The molecule has 4 heteroatoms. The van der Waals surface area contributed by atoms with Crippen molar-refractivity contribution >= 4 is 0 Å². The zero-order chi connectivity index (χ0) is 15.2. The number of likely N-dealkylation sites (tertiary alicyclic amines) is 1. The molecule has 4 nitrogen and oxygen atoms in total. The Bertz CT molecular complexity index is 462. The largest absolute Gasteiger partial charge is 0.496 e. The molecule has 2 rings (SSSR count). The summed E-state index contributed by atoms with van der Waals surface area (Å²) in [5, 5.41) is 3.48. The Morgan fingerprint density at radius 3 is 2.95 bits per heavy atom. The zero-order valence-electron chi connectivity index (χ0n) is 13.9. The van der Waals surface area contributed by atoms with Crippen LogP contribution in [0.4, 0.5) is 0 Å². The van der Waals surface area contributed by atoms with Gasteiger partial charge in [-0.3, -0.25) is 9.88 Å². The molecule has 1 aromatic heterocycles. The second-order valence-corrected chi connectivity index (χ2v) is 6.10. The van der Waals surface area contributed by atoms with E-state index in [1.807, 2.05) is 6.20 Å². The van der Waals surface area contributed by atoms with Gasteiger partial charge in [-0.1, -0.05) is 6.92 Å². The van der Waals surface area contributed by atoms with Gasteiger partial charge in [-0.15, -0.1) is 0 Å². The molecular formula is C17H29N3O. The van der Waals surface area contributed by atoms with Crippen molar-refractivity contribution < 1.29 is 4.74 Å². The molecule has 0 radical (unpaired) electrons. The molecule has 0 amide bonds. The zero-order valence-corrected chi connectivity index (χ0v) is 13.9. The molecule has 1 saturated heterocycles. The predicted octanol–water partition coefficient (Wildman–Crippen LogP) is 2.53. The van der Waals surface area contributed by atoms with Crippen molar-refractivity contribution in [3.63, 3.8) is 0 Å². The normalized spacial score (nSPS) is 19.7. The first-order valence-corrected chi connectivity index (χ1v) is 8.07. The Hall–Kier alpha value is -1.13. The molecule has 118 valence electrons. The Labute approximate surface area is 128 Å². The highest BCUT2D eigenvalue weighted by Gasteiger charge is 2.21. The molecule has 1 aliphatic rings. The van der Waals surface area contributed by atoms with Crippen LogP contribution in [0.2, 0.25) is 0 Å². The highest BCUT2D eigenvalue weighted by atomic mass is 16.5. The van der Waals surface area contributed by atoms with Crippen LogP contribution in [-0.2, 0) is 6.54 Å². The fraction of sp³-hybridized carbons (Fsp3) is 0.706. The van der Waals surface area contributed by atoms with Crippen LogP contribution in [0.3, 0.4) is 0 Å². The van der Waals surface area contributed by atoms with E-state index in [0.717, 1.165) is 42.6 Å². The molecule has 0 spiro atoms. The van der Waals surface area contributed by atoms with Gasteiger partial charge in [0.2, 0.25) is 0 Å². The van der Waals surface area contributed by atoms with E-state index in [4.69, 9.17) is 4.74 Å². The van der Waals surface area contributed by atoms with Crippen LogP contribution in [0, 0.1) is 19.8 Å². The third-order valence-electron chi connectivity index (χ3n) is 4.41. The molecule has 1 atom stereocenters. The van der Waals surface area contributed by atoms with Crippen molar-refractivity contribution in [1.29, 1.82) is 0 Å². The summed E-state index contributed by atoms with van der Waals surface area (Å²) in [6.45, 7) is 11.8. The van der Waals surface area contributed by atoms with Crippen LogP contribution in [-0.4, -0.2) is 43.2 Å². The Balaban J connectivity index is 2.01. The number of methoxy groups -OCH3 is 1. The van der Waals surface area contributed by atoms with E-state index in [1.54, 1.807) is 7.11 Å². The van der Waals surface area contributed by atoms with Gasteiger partial charge in [0, 0.05) is 30.4 Å². The molecule has 0 saturated carbocycles. The predicted molar refractivity (Wildman–Crippen MR) is 86.8 cm³/mol. The van der Waals surface area contributed by atoms with Gasteiger partial charge >= 0.3 is 0 Å². The minimum absolute atomic E-state index is 0.770. The average molecular weight is 291 g/mol. The lowest BCUT2D eigenvalue weighted by Crippen LogP contribution is -2.39. The van der Waals surface area contributed by atoms with Crippen LogP contribution < -0.4 is 10.1 Å². The van der Waals surface area contributed by atoms with Crippen LogP contribution in [0.25, 0.3) is 0 Å². The van der Waals surface area contributed by atoms with E-state index in [0.29, 0.717) is 0 Å². The smallest absolute Gasteiger partial charge is 0.128 e. The van der Waals surface area contributed by atoms with E-state index in [2.05, 4.69) is 36.0 Å². The molecule has 1 aromatic rings. The number of rotatable bonds is 6. The average Bonchev–Trinajstić information content (AvgIpc) is 2.49. The number of piperidine rings is 1. The number of aryl methyl sites for hydroxylation is 1. The van der Waals surface area contributed by atoms with Gasteiger partial charge in [-0.05, 0) is 52.2 Å². The maximum Gasteiger partial charge on any atom is 0.128 e. The Kier molecular flexibility index (Phi) is 6.00. The maximum atomic E-state index is 5.51. The molecule has 1 unspecified atom stereocenters. The molecular weight excluding hydrogens is 262 g/mol. The second-order valence-electron chi connectivity index (χ2n) is 6.10. The molecule has 21 heavy (non-hydrogen) atoms. The lowest BCUT2D eigenvalue weighted by molar-refractivity contribution is 0.163. The lowest BCUT2D eigenvalue weighted by atomic mass is 9.97. The van der Waals surface area contributed by atoms with E-state index in [9.17, 15) is 0 Å². The van der Waals surface area contributed by atoms with Gasteiger partial charge in [-0.2, -0.15) is 0 Å². The lowest BCUT2D eigenvalue weighted by Gasteiger charge is -2.33. The standard InChI is InChI=1S/C17H29N3O/c1-5-18-10-15-7-6-8-20(11-15)12-16-14(3)17(21-4)13(2)9-19-16/h9,15,18H,5-8,10-12H2,1-4H3. The van der Waals surface area contributed by atoms with E-state index < -0.39 is 0 Å². The maximum absolute atomic E-state index is 5.51. The van der Waals surface area contributed by atoms with Crippen LogP contribution in [0.5, 0.6) is 5.75 Å². The van der Waals surface area contributed by atoms with E-state index in [1.165, 1.54) is 31.5 Å². The highest BCUT2D eigenvalue weighted by Crippen LogP contribution is 2.26. The van der Waals surface area contributed by atoms with E-state index >= 15 is 0 Å². The number of hydrogen-bond acceptors (Lipinski definition) is 4. The number of ether oxygens (including phenoxy) is 1. The number of hydrogen-bond donors (Lipinski definition) is 1. The van der Waals surface area contributed by atoms with Crippen LogP contribution in [0.15, 0.2) is 6.20 Å². The highest BCUT2D eigenvalue weighted by molar-refractivity contribution is 5.41. The monoisotopic (exact) mass is 291 g/mol. The number of aromatic nitrogens is 1. The minimum atomic E-state index is 0.770. The third kappa shape index (κ3) is 4.17. The molecule has 1 N–H and O–H groups in total. The minimum Gasteiger partial charge on any atom is -0.496 e. The summed E-state index contributed by atoms with van der Waals surface area (Å²) >= 11 is 0. The first kappa shape index (κ1) is 16.2. The van der Waals surface area contributed by atoms with Crippen molar-refractivity contribution in [3.05, 3.63) is 23.0 Å². The fourth-order valence-electron chi connectivity index (χ4n) is 3.25. The van der Waals surface area contributed by atoms with Gasteiger partial charge in [-0.25, -0.2) is 0 Å². The van der Waals surface area contributed by atoms with Crippen molar-refractivity contribution in [2.45, 2.75) is 40.2 Å². The summed E-state index contributed by atoms with van der Waals surface area (Å²) in [7, 11) is 1.74. The summed E-state index contributed by atoms with van der Waals surface area (Å²) in [5.74, 6) is 1.76. The van der Waals surface area contributed by atoms with Gasteiger partial charge in [0.05, 0.1) is 12.8 Å². The quantitative estimate of drug-likeness (QED) is 0.874. The van der Waals surface area contributed by atoms with Gasteiger partial charge < -0.3 is 10.1 Å². The summed E-state index contributed by atoms with van der Waals surface area (Å²) in [4.78, 5) is 7.17. The van der Waals surface area contributed by atoms with Crippen molar-refractivity contribution in [2.75, 3.05) is 33.3 Å². The molecule has 0 aromatic carbocycles. The Morgan fingerprint density at radius 1 is 1.43 bits per heavy atom. The number of pyridine rings is 1. The number of nitrogens with one attached hydrogen (secondary N) is 1. The third-order valence-corrected chi connectivity index (χ3v) is 4.41. The number of nitrogens with zero attached hydrogens (tertiary/aromatic N) is 2. The van der Waals surface area contributed by atoms with E-state index in [-0.39, 0.29) is 0 Å². The molecule has 1 aliphatic heterocycles. The second kappa shape index (κ2) is 7.76. The summed E-state index contributed by atoms with van der Waals surface area (Å²) in [6, 6.07) is 0. The fourth-order valence-corrected chi connectivity index (χ4v) is 3.25. The first-order valence-electron chi connectivity index (χ1n) is 8.07. The van der Waals surface area contributed by atoms with Crippen molar-refractivity contribution in [2.24, 2.45) is 5.92 Å². The van der Waals surface area contributed by atoms with Gasteiger partial charge in [0.25, 0.3) is 0 Å². The van der Waals surface area contributed by atoms with Crippen molar-refractivity contribution in [3.8, 4) is 5.75 Å². The molecule has 1 fully saturated rings. The molecule has 0 bridgehead atoms. The van der Waals surface area contributed by atoms with Gasteiger partial charge in [0.1, 0.15) is 5.75 Å². The molecule has 2 heterocycles. The summed E-state index contributed by atoms with van der Waals surface area (Å²) in [5.41, 5.74) is 3.45.